The monoisotopic (exact) mass is 285 g/mol. The smallest absolute Gasteiger partial charge is 0.246 e. The van der Waals surface area contributed by atoms with Crippen LogP contribution in [0.1, 0.15) is 22.9 Å². The highest BCUT2D eigenvalue weighted by Gasteiger charge is 2.09. The summed E-state index contributed by atoms with van der Waals surface area (Å²) in [5, 5.41) is 2.04. The van der Waals surface area contributed by atoms with Gasteiger partial charge in [0.1, 0.15) is 0 Å². The van der Waals surface area contributed by atoms with Gasteiger partial charge in [-0.3, -0.25) is 4.79 Å². The summed E-state index contributed by atoms with van der Waals surface area (Å²) >= 11 is 1.68. The van der Waals surface area contributed by atoms with E-state index in [9.17, 15) is 4.79 Å². The van der Waals surface area contributed by atoms with E-state index < -0.39 is 0 Å². The zero-order valence-electron chi connectivity index (χ0n) is 11.9. The summed E-state index contributed by atoms with van der Waals surface area (Å²) in [6.45, 7) is 5.46. The third-order valence-corrected chi connectivity index (χ3v) is 3.94. The number of aryl methyl sites for hydroxylation is 1. The summed E-state index contributed by atoms with van der Waals surface area (Å²) in [7, 11) is 0. The van der Waals surface area contributed by atoms with Crippen molar-refractivity contribution in [1.29, 1.82) is 0 Å². The van der Waals surface area contributed by atoms with Gasteiger partial charge in [-0.05, 0) is 36.9 Å². The first-order valence-electron chi connectivity index (χ1n) is 6.75. The van der Waals surface area contributed by atoms with Crippen molar-refractivity contribution in [2.75, 3.05) is 6.54 Å². The molecule has 1 aromatic heterocycles. The van der Waals surface area contributed by atoms with E-state index in [1.165, 1.54) is 10.4 Å². The van der Waals surface area contributed by atoms with Gasteiger partial charge in [0, 0.05) is 17.5 Å². The number of nitrogens with zero attached hydrogens (tertiary/aromatic N) is 1. The molecule has 1 heterocycles. The lowest BCUT2D eigenvalue weighted by Gasteiger charge is -2.18. The summed E-state index contributed by atoms with van der Waals surface area (Å²) in [6, 6.07) is 12.2. The van der Waals surface area contributed by atoms with Gasteiger partial charge in [-0.15, -0.1) is 11.3 Å². The molecule has 0 saturated heterocycles. The number of thiophene rings is 1. The van der Waals surface area contributed by atoms with Crippen molar-refractivity contribution in [2.24, 2.45) is 0 Å². The summed E-state index contributed by atoms with van der Waals surface area (Å²) in [5.41, 5.74) is 2.26. The van der Waals surface area contributed by atoms with E-state index >= 15 is 0 Å². The van der Waals surface area contributed by atoms with Crippen molar-refractivity contribution >= 4 is 23.3 Å². The minimum absolute atomic E-state index is 0.0578. The Hall–Kier alpha value is -1.87. The largest absolute Gasteiger partial charge is 0.334 e. The molecule has 0 aliphatic heterocycles. The van der Waals surface area contributed by atoms with Crippen LogP contribution in [0.4, 0.5) is 0 Å². The van der Waals surface area contributed by atoms with Crippen molar-refractivity contribution in [1.82, 2.24) is 4.90 Å². The number of hydrogen-bond donors (Lipinski definition) is 0. The summed E-state index contributed by atoms with van der Waals surface area (Å²) in [4.78, 5) is 15.3. The Labute approximate surface area is 124 Å². The normalized spacial score (nSPS) is 10.9. The Bertz CT molecular complexity index is 587. The second kappa shape index (κ2) is 7.06. The minimum Gasteiger partial charge on any atom is -0.334 e. The molecule has 2 rings (SSSR count). The maximum atomic E-state index is 12.2. The fourth-order valence-corrected chi connectivity index (χ4v) is 2.70. The lowest BCUT2D eigenvalue weighted by molar-refractivity contribution is -0.126. The Morgan fingerprint density at radius 3 is 2.80 bits per heavy atom. The van der Waals surface area contributed by atoms with Gasteiger partial charge in [0.05, 0.1) is 6.54 Å². The average Bonchev–Trinajstić information content (AvgIpc) is 2.95. The molecule has 20 heavy (non-hydrogen) atoms. The van der Waals surface area contributed by atoms with Crippen LogP contribution < -0.4 is 0 Å². The molecule has 0 spiro atoms. The van der Waals surface area contributed by atoms with Crippen molar-refractivity contribution < 1.29 is 4.79 Å². The number of carbonyl (C=O) groups is 1. The third kappa shape index (κ3) is 4.07. The molecule has 0 aliphatic carbocycles. The summed E-state index contributed by atoms with van der Waals surface area (Å²) < 4.78 is 0. The van der Waals surface area contributed by atoms with Gasteiger partial charge in [-0.1, -0.05) is 35.9 Å². The minimum atomic E-state index is 0.0578. The van der Waals surface area contributed by atoms with E-state index in [2.05, 4.69) is 12.1 Å². The molecule has 2 aromatic rings. The van der Waals surface area contributed by atoms with Gasteiger partial charge in [0.25, 0.3) is 0 Å². The second-order valence-electron chi connectivity index (χ2n) is 4.68. The van der Waals surface area contributed by atoms with Crippen LogP contribution in [0.5, 0.6) is 0 Å². The molecule has 104 valence electrons. The Kier molecular flexibility index (Phi) is 5.13. The lowest BCUT2D eigenvalue weighted by atomic mass is 10.1. The molecule has 0 unspecified atom stereocenters. The van der Waals surface area contributed by atoms with Gasteiger partial charge in [0.2, 0.25) is 5.91 Å². The standard InChI is InChI=1S/C17H19NOS/c1-3-18(13-16-8-5-11-20-16)17(19)10-9-15-7-4-6-14(2)12-15/h4-12H,3,13H2,1-2H3/b10-9+. The predicted molar refractivity (Wildman–Crippen MR) is 85.6 cm³/mol. The van der Waals surface area contributed by atoms with Crippen LogP contribution in [0.3, 0.4) is 0 Å². The van der Waals surface area contributed by atoms with Crippen LogP contribution in [-0.4, -0.2) is 17.4 Å². The van der Waals surface area contributed by atoms with Crippen LogP contribution in [0.15, 0.2) is 47.9 Å². The number of rotatable bonds is 5. The van der Waals surface area contributed by atoms with Gasteiger partial charge in [-0.25, -0.2) is 0 Å². The van der Waals surface area contributed by atoms with Gasteiger partial charge < -0.3 is 4.90 Å². The topological polar surface area (TPSA) is 20.3 Å². The molecule has 0 saturated carbocycles. The maximum absolute atomic E-state index is 12.2. The fourth-order valence-electron chi connectivity index (χ4n) is 1.98. The second-order valence-corrected chi connectivity index (χ2v) is 5.71. The highest BCUT2D eigenvalue weighted by molar-refractivity contribution is 7.09. The average molecular weight is 285 g/mol. The zero-order chi connectivity index (χ0) is 14.4. The van der Waals surface area contributed by atoms with Crippen LogP contribution >= 0.6 is 11.3 Å². The summed E-state index contributed by atoms with van der Waals surface area (Å²) in [5.74, 6) is 0.0578. The number of benzene rings is 1. The molecule has 0 fully saturated rings. The predicted octanol–water partition coefficient (Wildman–Crippen LogP) is 4.12. The van der Waals surface area contributed by atoms with Crippen molar-refractivity contribution in [2.45, 2.75) is 20.4 Å². The number of carbonyl (C=O) groups excluding carboxylic acids is 1. The first-order valence-corrected chi connectivity index (χ1v) is 7.63. The molecule has 3 heteroatoms. The van der Waals surface area contributed by atoms with Crippen molar-refractivity contribution in [3.05, 3.63) is 63.9 Å². The Morgan fingerprint density at radius 1 is 1.30 bits per heavy atom. The van der Waals surface area contributed by atoms with E-state index in [0.29, 0.717) is 6.54 Å². The zero-order valence-corrected chi connectivity index (χ0v) is 12.7. The van der Waals surface area contributed by atoms with E-state index in [-0.39, 0.29) is 5.91 Å². The lowest BCUT2D eigenvalue weighted by Crippen LogP contribution is -2.28. The first kappa shape index (κ1) is 14.5. The molecular formula is C17H19NOS. The number of amides is 1. The van der Waals surface area contributed by atoms with E-state index in [1.807, 2.05) is 54.5 Å². The van der Waals surface area contributed by atoms with Gasteiger partial charge in [0.15, 0.2) is 0 Å². The Morgan fingerprint density at radius 2 is 2.15 bits per heavy atom. The molecule has 2 nitrogen and oxygen atoms in total. The first-order chi connectivity index (χ1) is 9.69. The highest BCUT2D eigenvalue weighted by Crippen LogP contribution is 2.12. The van der Waals surface area contributed by atoms with Gasteiger partial charge in [-0.2, -0.15) is 0 Å². The fraction of sp³-hybridized carbons (Fsp3) is 0.235. The molecule has 0 radical (unpaired) electrons. The van der Waals surface area contributed by atoms with E-state index in [0.717, 1.165) is 12.1 Å². The molecule has 1 aromatic carbocycles. The van der Waals surface area contributed by atoms with Crippen LogP contribution in [0.25, 0.3) is 6.08 Å². The molecule has 0 N–H and O–H groups in total. The molecule has 1 amide bonds. The maximum Gasteiger partial charge on any atom is 0.246 e. The van der Waals surface area contributed by atoms with Gasteiger partial charge >= 0.3 is 0 Å². The summed E-state index contributed by atoms with van der Waals surface area (Å²) in [6.07, 6.45) is 3.54. The van der Waals surface area contributed by atoms with Crippen molar-refractivity contribution in [3.8, 4) is 0 Å². The molecule has 0 atom stereocenters. The van der Waals surface area contributed by atoms with Crippen LogP contribution in [0, 0.1) is 6.92 Å². The van der Waals surface area contributed by atoms with Crippen LogP contribution in [0.2, 0.25) is 0 Å². The molecular weight excluding hydrogens is 266 g/mol. The van der Waals surface area contributed by atoms with E-state index in [4.69, 9.17) is 0 Å². The number of hydrogen-bond acceptors (Lipinski definition) is 2. The van der Waals surface area contributed by atoms with Crippen molar-refractivity contribution in [3.63, 3.8) is 0 Å². The number of likely N-dealkylation sites (N-methyl/N-ethyl adjacent to an activating group) is 1. The highest BCUT2D eigenvalue weighted by atomic mass is 32.1. The quantitative estimate of drug-likeness (QED) is 0.757. The Balaban J connectivity index is 2.02. The van der Waals surface area contributed by atoms with Crippen LogP contribution in [-0.2, 0) is 11.3 Å². The third-order valence-electron chi connectivity index (χ3n) is 3.08. The molecule has 0 bridgehead atoms. The van der Waals surface area contributed by atoms with E-state index in [1.54, 1.807) is 17.4 Å². The SMILES string of the molecule is CCN(Cc1cccs1)C(=O)/C=C/c1cccc(C)c1. The molecule has 0 aliphatic rings.